The summed E-state index contributed by atoms with van der Waals surface area (Å²) >= 11 is 0. The Morgan fingerprint density at radius 3 is 2.74 bits per heavy atom. The van der Waals surface area contributed by atoms with Gasteiger partial charge >= 0.3 is 0 Å². The first kappa shape index (κ1) is 15.8. The summed E-state index contributed by atoms with van der Waals surface area (Å²) in [6.07, 6.45) is 0.455. The number of benzene rings is 1. The van der Waals surface area contributed by atoms with Crippen molar-refractivity contribution in [3.63, 3.8) is 0 Å². The van der Waals surface area contributed by atoms with Gasteiger partial charge in [0.15, 0.2) is 0 Å². The Morgan fingerprint density at radius 1 is 1.37 bits per heavy atom. The number of rotatable bonds is 8. The van der Waals surface area contributed by atoms with Gasteiger partial charge < -0.3 is 15.6 Å². The zero-order chi connectivity index (χ0) is 14.3. The smallest absolute Gasteiger partial charge is 0.240 e. The molecule has 0 spiro atoms. The lowest BCUT2D eigenvalue weighted by atomic mass is 10.3. The van der Waals surface area contributed by atoms with Crippen LogP contribution in [0.25, 0.3) is 0 Å². The van der Waals surface area contributed by atoms with Gasteiger partial charge in [0, 0.05) is 13.2 Å². The number of nitrogen functional groups attached to an aromatic ring is 1. The second kappa shape index (κ2) is 7.39. The van der Waals surface area contributed by atoms with E-state index in [4.69, 9.17) is 15.6 Å². The molecule has 19 heavy (non-hydrogen) atoms. The second-order valence-electron chi connectivity index (χ2n) is 3.77. The fourth-order valence-corrected chi connectivity index (χ4v) is 2.39. The van der Waals surface area contributed by atoms with Gasteiger partial charge in [0.25, 0.3) is 0 Å². The van der Waals surface area contributed by atoms with E-state index in [2.05, 4.69) is 4.72 Å². The van der Waals surface area contributed by atoms with Gasteiger partial charge in [-0.25, -0.2) is 17.5 Å². The molecule has 0 aliphatic carbocycles. The summed E-state index contributed by atoms with van der Waals surface area (Å²) in [5.74, 6) is -0.769. The molecule has 1 aromatic rings. The lowest BCUT2D eigenvalue weighted by Crippen LogP contribution is -2.25. The van der Waals surface area contributed by atoms with Crippen LogP contribution in [-0.4, -0.2) is 39.9 Å². The van der Waals surface area contributed by atoms with E-state index in [9.17, 15) is 12.8 Å². The molecule has 0 fully saturated rings. The molecular weight excluding hydrogens is 275 g/mol. The highest BCUT2D eigenvalue weighted by atomic mass is 32.2. The number of ether oxygens (including phenoxy) is 1. The summed E-state index contributed by atoms with van der Waals surface area (Å²) in [5, 5.41) is 8.47. The normalized spacial score (nSPS) is 11.7. The van der Waals surface area contributed by atoms with Gasteiger partial charge in [-0.1, -0.05) is 0 Å². The predicted octanol–water partition coefficient (Wildman–Crippen LogP) is 0.0852. The Kier molecular flexibility index (Phi) is 6.16. The second-order valence-corrected chi connectivity index (χ2v) is 5.54. The van der Waals surface area contributed by atoms with Crippen LogP contribution in [0, 0.1) is 5.82 Å². The highest BCUT2D eigenvalue weighted by molar-refractivity contribution is 7.89. The fourth-order valence-electron chi connectivity index (χ4n) is 1.31. The van der Waals surface area contributed by atoms with Crippen LogP contribution in [0.5, 0.6) is 0 Å². The van der Waals surface area contributed by atoms with Crippen molar-refractivity contribution in [2.45, 2.75) is 11.3 Å². The first-order valence-electron chi connectivity index (χ1n) is 5.70. The Bertz CT molecular complexity index is 507. The van der Waals surface area contributed by atoms with E-state index in [1.807, 2.05) is 0 Å². The van der Waals surface area contributed by atoms with Crippen LogP contribution in [0.1, 0.15) is 6.42 Å². The van der Waals surface area contributed by atoms with E-state index in [1.54, 1.807) is 0 Å². The standard InChI is InChI=1S/C11H17FN2O4S/c12-10-8-9(2-3-11(10)13)19(16,17)14-4-1-6-18-7-5-15/h2-3,8,14-15H,1,4-7,13H2. The van der Waals surface area contributed by atoms with Gasteiger partial charge in [0.2, 0.25) is 10.0 Å². The van der Waals surface area contributed by atoms with Crippen molar-refractivity contribution < 1.29 is 22.7 Å². The maximum Gasteiger partial charge on any atom is 0.240 e. The third kappa shape index (κ3) is 5.11. The van der Waals surface area contributed by atoms with Crippen LogP contribution in [0.3, 0.4) is 0 Å². The highest BCUT2D eigenvalue weighted by Gasteiger charge is 2.14. The molecule has 0 bridgehead atoms. The summed E-state index contributed by atoms with van der Waals surface area (Å²) in [7, 11) is -3.74. The molecule has 1 rings (SSSR count). The molecule has 8 heteroatoms. The minimum Gasteiger partial charge on any atom is -0.396 e. The quantitative estimate of drug-likeness (QED) is 0.465. The van der Waals surface area contributed by atoms with E-state index in [-0.39, 0.29) is 30.3 Å². The summed E-state index contributed by atoms with van der Waals surface area (Å²) in [4.78, 5) is -0.171. The zero-order valence-electron chi connectivity index (χ0n) is 10.3. The minimum atomic E-state index is -3.74. The SMILES string of the molecule is Nc1ccc(S(=O)(=O)NCCCOCCO)cc1F. The maximum absolute atomic E-state index is 13.2. The van der Waals surface area contributed by atoms with Crippen molar-refractivity contribution in [1.82, 2.24) is 4.72 Å². The van der Waals surface area contributed by atoms with Gasteiger partial charge in [-0.15, -0.1) is 0 Å². The van der Waals surface area contributed by atoms with E-state index >= 15 is 0 Å². The number of anilines is 1. The fraction of sp³-hybridized carbons (Fsp3) is 0.455. The van der Waals surface area contributed by atoms with Crippen molar-refractivity contribution in [2.24, 2.45) is 0 Å². The number of hydrogen-bond donors (Lipinski definition) is 3. The highest BCUT2D eigenvalue weighted by Crippen LogP contribution is 2.15. The van der Waals surface area contributed by atoms with Crippen LogP contribution in [0.4, 0.5) is 10.1 Å². The Balaban J connectivity index is 2.49. The lowest BCUT2D eigenvalue weighted by Gasteiger charge is -2.07. The molecule has 0 heterocycles. The monoisotopic (exact) mass is 292 g/mol. The summed E-state index contributed by atoms with van der Waals surface area (Å²) < 4.78 is 44.0. The van der Waals surface area contributed by atoms with Gasteiger partial charge in [0.05, 0.1) is 23.8 Å². The van der Waals surface area contributed by atoms with Crippen molar-refractivity contribution in [3.8, 4) is 0 Å². The molecule has 0 saturated carbocycles. The number of nitrogens with one attached hydrogen (secondary N) is 1. The number of aliphatic hydroxyl groups is 1. The molecule has 1 aromatic carbocycles. The van der Waals surface area contributed by atoms with Crippen molar-refractivity contribution in [3.05, 3.63) is 24.0 Å². The summed E-state index contributed by atoms with van der Waals surface area (Å²) in [6.45, 7) is 0.644. The average Bonchev–Trinajstić information content (AvgIpc) is 2.36. The van der Waals surface area contributed by atoms with Gasteiger partial charge in [-0.05, 0) is 24.6 Å². The van der Waals surface area contributed by atoms with Crippen LogP contribution >= 0.6 is 0 Å². The number of halogens is 1. The predicted molar refractivity (Wildman–Crippen MR) is 68.5 cm³/mol. The zero-order valence-corrected chi connectivity index (χ0v) is 11.1. The first-order valence-corrected chi connectivity index (χ1v) is 7.19. The van der Waals surface area contributed by atoms with Crippen molar-refractivity contribution in [2.75, 3.05) is 32.1 Å². The molecule has 0 saturated heterocycles. The number of hydrogen-bond acceptors (Lipinski definition) is 5. The van der Waals surface area contributed by atoms with Crippen LogP contribution in [0.2, 0.25) is 0 Å². The van der Waals surface area contributed by atoms with Crippen molar-refractivity contribution in [1.29, 1.82) is 0 Å². The molecule has 0 aliphatic rings. The number of nitrogens with two attached hydrogens (primary N) is 1. The van der Waals surface area contributed by atoms with E-state index in [0.717, 1.165) is 6.07 Å². The van der Waals surface area contributed by atoms with Crippen molar-refractivity contribution >= 4 is 15.7 Å². The third-order valence-electron chi connectivity index (χ3n) is 2.28. The summed E-state index contributed by atoms with van der Waals surface area (Å²) in [5.41, 5.74) is 5.17. The van der Waals surface area contributed by atoms with Gasteiger partial charge in [-0.2, -0.15) is 0 Å². The maximum atomic E-state index is 13.2. The molecule has 0 atom stereocenters. The molecule has 0 unspecified atom stereocenters. The minimum absolute atomic E-state index is 0.0730. The average molecular weight is 292 g/mol. The van der Waals surface area contributed by atoms with E-state index < -0.39 is 15.8 Å². The molecule has 108 valence electrons. The Labute approximate surface area is 111 Å². The topological polar surface area (TPSA) is 102 Å². The first-order chi connectivity index (χ1) is 8.97. The molecular formula is C11H17FN2O4S. The van der Waals surface area contributed by atoms with Gasteiger partial charge in [0.1, 0.15) is 5.82 Å². The number of sulfonamides is 1. The van der Waals surface area contributed by atoms with Crippen LogP contribution in [0.15, 0.2) is 23.1 Å². The van der Waals surface area contributed by atoms with Crippen LogP contribution in [-0.2, 0) is 14.8 Å². The lowest BCUT2D eigenvalue weighted by molar-refractivity contribution is 0.0913. The molecule has 6 nitrogen and oxygen atoms in total. The molecule has 4 N–H and O–H groups in total. The molecule has 0 radical (unpaired) electrons. The van der Waals surface area contributed by atoms with E-state index in [1.165, 1.54) is 12.1 Å². The molecule has 0 aromatic heterocycles. The molecule has 0 aliphatic heterocycles. The Morgan fingerprint density at radius 2 is 2.11 bits per heavy atom. The number of aliphatic hydroxyl groups excluding tert-OH is 1. The third-order valence-corrected chi connectivity index (χ3v) is 3.73. The van der Waals surface area contributed by atoms with Crippen LogP contribution < -0.4 is 10.5 Å². The molecule has 0 amide bonds. The summed E-state index contributed by atoms with van der Waals surface area (Å²) in [6, 6.07) is 3.32. The Hall–Kier alpha value is -1.22. The van der Waals surface area contributed by atoms with E-state index in [0.29, 0.717) is 13.0 Å². The largest absolute Gasteiger partial charge is 0.396 e. The van der Waals surface area contributed by atoms with Gasteiger partial charge in [-0.3, -0.25) is 0 Å².